The number of carbonyl (C=O) groups is 1. The van der Waals surface area contributed by atoms with Crippen molar-refractivity contribution < 1.29 is 9.53 Å². The number of nitrogens with zero attached hydrogens (tertiary/aromatic N) is 2. The van der Waals surface area contributed by atoms with E-state index in [0.29, 0.717) is 35.1 Å². The molecule has 1 amide bonds. The molecule has 140 valence electrons. The van der Waals surface area contributed by atoms with Crippen LogP contribution < -0.4 is 10.1 Å². The Morgan fingerprint density at radius 1 is 1.18 bits per heavy atom. The van der Waals surface area contributed by atoms with Crippen LogP contribution in [-0.2, 0) is 0 Å². The summed E-state index contributed by atoms with van der Waals surface area (Å²) in [5, 5.41) is 11.6. The number of benzene rings is 2. The van der Waals surface area contributed by atoms with Crippen molar-refractivity contribution in [3.05, 3.63) is 76.9 Å². The van der Waals surface area contributed by atoms with Crippen LogP contribution in [0.25, 0.3) is 0 Å². The van der Waals surface area contributed by atoms with Gasteiger partial charge < -0.3 is 10.1 Å². The minimum atomic E-state index is -0.255. The largest absolute Gasteiger partial charge is 0.439 e. The van der Waals surface area contributed by atoms with Crippen LogP contribution in [0.2, 0.25) is 0 Å². The summed E-state index contributed by atoms with van der Waals surface area (Å²) < 4.78 is 6.59. The zero-order valence-corrected chi connectivity index (χ0v) is 17.2. The zero-order chi connectivity index (χ0) is 19.8. The van der Waals surface area contributed by atoms with E-state index < -0.39 is 0 Å². The number of carbonyl (C=O) groups excluding carboxylic acids is 1. The third kappa shape index (κ3) is 5.59. The molecule has 1 N–H and O–H groups in total. The molecule has 3 rings (SSSR count). The van der Waals surface area contributed by atoms with E-state index in [-0.39, 0.29) is 5.91 Å². The van der Waals surface area contributed by atoms with Gasteiger partial charge in [-0.3, -0.25) is 4.79 Å². The van der Waals surface area contributed by atoms with Crippen LogP contribution in [0.3, 0.4) is 0 Å². The summed E-state index contributed by atoms with van der Waals surface area (Å²) in [6.45, 7) is 0. The number of hydrogen-bond acceptors (Lipinski definition) is 5. The van der Waals surface area contributed by atoms with Gasteiger partial charge in [0.05, 0.1) is 17.3 Å². The number of amides is 1. The van der Waals surface area contributed by atoms with E-state index in [9.17, 15) is 4.79 Å². The van der Waals surface area contributed by atoms with Crippen molar-refractivity contribution in [2.75, 3.05) is 11.1 Å². The minimum Gasteiger partial charge on any atom is -0.439 e. The highest BCUT2D eigenvalue weighted by Crippen LogP contribution is 2.28. The van der Waals surface area contributed by atoms with Gasteiger partial charge in [-0.2, -0.15) is 5.26 Å². The molecule has 0 atom stereocenters. The highest BCUT2D eigenvalue weighted by atomic mass is 79.9. The first kappa shape index (κ1) is 19.9. The third-order valence-corrected chi connectivity index (χ3v) is 5.19. The molecule has 0 saturated carbocycles. The maximum Gasteiger partial charge on any atom is 0.257 e. The van der Waals surface area contributed by atoms with Crippen LogP contribution in [-0.4, -0.2) is 16.6 Å². The molecule has 0 aliphatic carbocycles. The molecular weight excluding hydrogens is 438 g/mol. The Labute approximate surface area is 175 Å². The van der Waals surface area contributed by atoms with Gasteiger partial charge in [0.25, 0.3) is 5.91 Å². The molecule has 0 spiro atoms. The van der Waals surface area contributed by atoms with Crippen LogP contribution >= 0.6 is 27.7 Å². The Bertz CT molecular complexity index is 1000. The molecule has 0 fully saturated rings. The quantitative estimate of drug-likeness (QED) is 0.356. The van der Waals surface area contributed by atoms with Gasteiger partial charge in [-0.05, 0) is 36.4 Å². The van der Waals surface area contributed by atoms with Crippen molar-refractivity contribution in [1.82, 2.24) is 4.98 Å². The molecule has 1 aromatic heterocycles. The summed E-state index contributed by atoms with van der Waals surface area (Å²) >= 11 is 4.93. The van der Waals surface area contributed by atoms with Gasteiger partial charge in [-0.15, -0.1) is 11.8 Å². The molecule has 0 saturated heterocycles. The Hall–Kier alpha value is -2.82. The lowest BCUT2D eigenvalue weighted by atomic mass is 10.2. The first-order valence-electron chi connectivity index (χ1n) is 8.45. The van der Waals surface area contributed by atoms with E-state index in [0.717, 1.165) is 9.37 Å². The summed E-state index contributed by atoms with van der Waals surface area (Å²) in [7, 11) is 0. The molecule has 28 heavy (non-hydrogen) atoms. The number of pyridine rings is 1. The molecule has 0 bridgehead atoms. The number of nitrogens with one attached hydrogen (secondary N) is 1. The van der Waals surface area contributed by atoms with Crippen molar-refractivity contribution >= 4 is 39.3 Å². The molecule has 0 aliphatic heterocycles. The van der Waals surface area contributed by atoms with Crippen LogP contribution in [0.5, 0.6) is 11.6 Å². The second-order valence-electron chi connectivity index (χ2n) is 5.65. The number of para-hydroxylation sites is 1. The fraction of sp³-hybridized carbons (Fsp3) is 0.0952. The van der Waals surface area contributed by atoms with Crippen LogP contribution in [0.1, 0.15) is 16.8 Å². The van der Waals surface area contributed by atoms with Crippen molar-refractivity contribution in [2.24, 2.45) is 0 Å². The van der Waals surface area contributed by atoms with Gasteiger partial charge in [0.15, 0.2) is 0 Å². The fourth-order valence-electron chi connectivity index (χ4n) is 2.32. The van der Waals surface area contributed by atoms with E-state index in [1.54, 1.807) is 12.1 Å². The molecule has 5 nitrogen and oxygen atoms in total. The Balaban J connectivity index is 1.66. The zero-order valence-electron chi connectivity index (χ0n) is 14.8. The summed E-state index contributed by atoms with van der Waals surface area (Å²) in [6.07, 6.45) is 1.93. The fourth-order valence-corrected chi connectivity index (χ4v) is 3.56. The van der Waals surface area contributed by atoms with E-state index in [4.69, 9.17) is 10.00 Å². The third-order valence-electron chi connectivity index (χ3n) is 3.62. The molecule has 0 radical (unpaired) electrons. The van der Waals surface area contributed by atoms with Gasteiger partial charge in [-0.1, -0.05) is 34.1 Å². The maximum absolute atomic E-state index is 12.6. The minimum absolute atomic E-state index is 0.255. The summed E-state index contributed by atoms with van der Waals surface area (Å²) in [4.78, 5) is 17.7. The highest BCUT2D eigenvalue weighted by Gasteiger charge is 2.10. The van der Waals surface area contributed by atoms with Gasteiger partial charge in [0, 0.05) is 33.8 Å². The van der Waals surface area contributed by atoms with Gasteiger partial charge >= 0.3 is 0 Å². The number of ether oxygens (including phenoxy) is 1. The molecular formula is C21H16BrN3O2S. The predicted octanol–water partition coefficient (Wildman–Crippen LogP) is 5.89. The average molecular weight is 454 g/mol. The van der Waals surface area contributed by atoms with Crippen LogP contribution in [0.4, 0.5) is 5.69 Å². The van der Waals surface area contributed by atoms with Crippen molar-refractivity contribution in [3.63, 3.8) is 0 Å². The lowest BCUT2D eigenvalue weighted by Gasteiger charge is -2.10. The van der Waals surface area contributed by atoms with Crippen molar-refractivity contribution in [1.29, 1.82) is 5.26 Å². The number of nitriles is 1. The second-order valence-corrected chi connectivity index (χ2v) is 7.70. The predicted molar refractivity (Wildman–Crippen MR) is 114 cm³/mol. The Kier molecular flexibility index (Phi) is 7.06. The first-order chi connectivity index (χ1) is 13.7. The lowest BCUT2D eigenvalue weighted by Crippen LogP contribution is -2.12. The first-order valence-corrected chi connectivity index (χ1v) is 10.2. The van der Waals surface area contributed by atoms with E-state index >= 15 is 0 Å². The number of aromatic nitrogens is 1. The van der Waals surface area contributed by atoms with E-state index in [1.807, 2.05) is 48.5 Å². The van der Waals surface area contributed by atoms with Gasteiger partial charge in [-0.25, -0.2) is 4.98 Å². The molecule has 2 aromatic carbocycles. The second kappa shape index (κ2) is 9.93. The topological polar surface area (TPSA) is 75.0 Å². The number of hydrogen-bond donors (Lipinski definition) is 1. The van der Waals surface area contributed by atoms with Crippen LogP contribution in [0.15, 0.2) is 76.2 Å². The molecule has 7 heteroatoms. The number of halogens is 1. The lowest BCUT2D eigenvalue weighted by molar-refractivity contribution is 0.102. The monoisotopic (exact) mass is 453 g/mol. The number of anilines is 1. The van der Waals surface area contributed by atoms with E-state index in [1.165, 1.54) is 18.0 Å². The summed E-state index contributed by atoms with van der Waals surface area (Å²) in [5.74, 6) is 1.48. The summed E-state index contributed by atoms with van der Waals surface area (Å²) in [5.41, 5.74) is 1.14. The number of thioether (sulfide) groups is 1. The molecule has 3 aromatic rings. The standard InChI is InChI=1S/C21H16BrN3O2S/c22-16-5-3-6-17(13-16)27-20-10-9-15(14-24-20)21(26)25-18-7-1-2-8-19(18)28-12-4-11-23/h1-3,5-10,13-14H,4,12H2,(H,25,26). The van der Waals surface area contributed by atoms with Gasteiger partial charge in [0.1, 0.15) is 5.75 Å². The average Bonchev–Trinajstić information content (AvgIpc) is 2.70. The Morgan fingerprint density at radius 3 is 2.79 bits per heavy atom. The van der Waals surface area contributed by atoms with Crippen molar-refractivity contribution in [3.8, 4) is 17.7 Å². The normalized spacial score (nSPS) is 10.1. The summed E-state index contributed by atoms with van der Waals surface area (Å²) in [6, 6.07) is 20.4. The Morgan fingerprint density at radius 2 is 2.04 bits per heavy atom. The van der Waals surface area contributed by atoms with Gasteiger partial charge in [0.2, 0.25) is 5.88 Å². The molecule has 0 unspecified atom stereocenters. The molecule has 0 aliphatic rings. The maximum atomic E-state index is 12.6. The SMILES string of the molecule is N#CCCSc1ccccc1NC(=O)c1ccc(Oc2cccc(Br)c2)nc1. The van der Waals surface area contributed by atoms with E-state index in [2.05, 4.69) is 32.3 Å². The van der Waals surface area contributed by atoms with Crippen molar-refractivity contribution in [2.45, 2.75) is 11.3 Å². The molecule has 1 heterocycles. The highest BCUT2D eigenvalue weighted by molar-refractivity contribution is 9.10. The smallest absolute Gasteiger partial charge is 0.257 e. The number of rotatable bonds is 7. The van der Waals surface area contributed by atoms with Crippen LogP contribution in [0, 0.1) is 11.3 Å².